The van der Waals surface area contributed by atoms with E-state index in [1.807, 2.05) is 6.92 Å². The van der Waals surface area contributed by atoms with Gasteiger partial charge in [0, 0.05) is 5.67 Å². The van der Waals surface area contributed by atoms with Crippen LogP contribution >= 0.6 is 22.2 Å². The molecule has 1 atom stereocenters. The molecule has 0 saturated heterocycles. The summed E-state index contributed by atoms with van der Waals surface area (Å²) in [6.45, 7) is 3.36. The summed E-state index contributed by atoms with van der Waals surface area (Å²) in [7, 11) is 0. The first kappa shape index (κ1) is 10.5. The first-order valence-corrected chi connectivity index (χ1v) is 7.59. The summed E-state index contributed by atoms with van der Waals surface area (Å²) in [5, 5.41) is 0. The molecule has 2 N–H and O–H groups in total. The number of hydrogen-bond donors (Lipinski definition) is 1. The highest BCUT2D eigenvalue weighted by Gasteiger charge is 2.33. The highest BCUT2D eigenvalue weighted by atomic mass is 35.7. The highest BCUT2D eigenvalue weighted by molar-refractivity contribution is 7.46. The van der Waals surface area contributed by atoms with Crippen LogP contribution in [-0.2, 0) is 0 Å². The van der Waals surface area contributed by atoms with Crippen molar-refractivity contribution in [2.45, 2.75) is 25.1 Å². The maximum atomic E-state index is 6.00. The van der Waals surface area contributed by atoms with Crippen molar-refractivity contribution in [2.24, 2.45) is 5.73 Å². The van der Waals surface area contributed by atoms with Crippen molar-refractivity contribution >= 4 is 28.9 Å². The van der Waals surface area contributed by atoms with Gasteiger partial charge in [0.15, 0.2) is 0 Å². The zero-order valence-corrected chi connectivity index (χ0v) is 8.62. The standard InChI is InChI=1S/C6H13Cl2NSi/c1-3-5-10(7,8)6(9)4-2/h3,6H,1,4-5,9H2,2H3. The molecule has 0 spiro atoms. The quantitative estimate of drug-likeness (QED) is 0.419. The fraction of sp³-hybridized carbons (Fsp3) is 0.667. The van der Waals surface area contributed by atoms with E-state index >= 15 is 0 Å². The van der Waals surface area contributed by atoms with Crippen LogP contribution in [0.4, 0.5) is 0 Å². The molecule has 0 aliphatic heterocycles. The van der Waals surface area contributed by atoms with E-state index in [9.17, 15) is 0 Å². The van der Waals surface area contributed by atoms with Crippen molar-refractivity contribution in [3.05, 3.63) is 12.7 Å². The largest absolute Gasteiger partial charge is 0.328 e. The van der Waals surface area contributed by atoms with Crippen LogP contribution in [-0.4, -0.2) is 12.4 Å². The Morgan fingerprint density at radius 2 is 2.20 bits per heavy atom. The minimum absolute atomic E-state index is 0.0335. The monoisotopic (exact) mass is 197 g/mol. The molecular weight excluding hydrogens is 185 g/mol. The van der Waals surface area contributed by atoms with E-state index in [4.69, 9.17) is 27.9 Å². The molecule has 0 aromatic carbocycles. The normalized spacial score (nSPS) is 14.8. The molecule has 0 heterocycles. The second kappa shape index (κ2) is 4.39. The Bertz CT molecular complexity index is 116. The number of hydrogen-bond acceptors (Lipinski definition) is 1. The lowest BCUT2D eigenvalue weighted by atomic mass is 10.5. The van der Waals surface area contributed by atoms with E-state index in [-0.39, 0.29) is 5.67 Å². The molecule has 4 heteroatoms. The Kier molecular flexibility index (Phi) is 4.61. The molecule has 0 aliphatic carbocycles. The lowest BCUT2D eigenvalue weighted by molar-refractivity contribution is 0.835. The van der Waals surface area contributed by atoms with E-state index in [1.54, 1.807) is 6.08 Å². The topological polar surface area (TPSA) is 26.0 Å². The molecule has 0 amide bonds. The summed E-state index contributed by atoms with van der Waals surface area (Å²) in [6.07, 6.45) is 2.58. The highest BCUT2D eigenvalue weighted by Crippen LogP contribution is 2.24. The minimum Gasteiger partial charge on any atom is -0.328 e. The van der Waals surface area contributed by atoms with E-state index < -0.39 is 6.69 Å². The summed E-state index contributed by atoms with van der Waals surface area (Å²) in [4.78, 5) is 0. The van der Waals surface area contributed by atoms with Crippen molar-refractivity contribution in [3.63, 3.8) is 0 Å². The van der Waals surface area contributed by atoms with Crippen LogP contribution in [0.2, 0.25) is 6.04 Å². The molecule has 0 saturated carbocycles. The Morgan fingerprint density at radius 3 is 2.50 bits per heavy atom. The molecule has 1 unspecified atom stereocenters. The second-order valence-corrected chi connectivity index (χ2v) is 9.57. The molecular formula is C6H13Cl2NSi. The summed E-state index contributed by atoms with van der Waals surface area (Å²) >= 11 is 12.0. The average Bonchev–Trinajstić information content (AvgIpc) is 1.86. The van der Waals surface area contributed by atoms with Gasteiger partial charge in [0.05, 0.1) is 0 Å². The van der Waals surface area contributed by atoms with Gasteiger partial charge in [-0.3, -0.25) is 0 Å². The Hall–Kier alpha value is 0.497. The third-order valence-corrected chi connectivity index (χ3v) is 6.33. The second-order valence-electron chi connectivity index (χ2n) is 2.27. The third-order valence-electron chi connectivity index (χ3n) is 1.40. The van der Waals surface area contributed by atoms with Gasteiger partial charge in [-0.15, -0.1) is 28.7 Å². The van der Waals surface area contributed by atoms with E-state index in [1.165, 1.54) is 0 Å². The molecule has 60 valence electrons. The zero-order chi connectivity index (χ0) is 8.20. The predicted molar refractivity (Wildman–Crippen MR) is 50.7 cm³/mol. The van der Waals surface area contributed by atoms with Gasteiger partial charge in [0.1, 0.15) is 0 Å². The van der Waals surface area contributed by atoms with Gasteiger partial charge in [-0.2, -0.15) is 0 Å². The van der Waals surface area contributed by atoms with Crippen molar-refractivity contribution in [2.75, 3.05) is 0 Å². The van der Waals surface area contributed by atoms with Crippen molar-refractivity contribution in [1.82, 2.24) is 0 Å². The van der Waals surface area contributed by atoms with Gasteiger partial charge in [-0.25, -0.2) is 0 Å². The molecule has 0 aromatic heterocycles. The fourth-order valence-electron chi connectivity index (χ4n) is 0.642. The van der Waals surface area contributed by atoms with Crippen LogP contribution in [0, 0.1) is 0 Å². The molecule has 10 heavy (non-hydrogen) atoms. The Morgan fingerprint density at radius 1 is 1.70 bits per heavy atom. The smallest absolute Gasteiger partial charge is 0.270 e. The van der Waals surface area contributed by atoms with Gasteiger partial charge < -0.3 is 5.73 Å². The van der Waals surface area contributed by atoms with E-state index in [0.717, 1.165) is 6.42 Å². The molecule has 0 fully saturated rings. The molecule has 0 rings (SSSR count). The van der Waals surface area contributed by atoms with Crippen LogP contribution in [0.15, 0.2) is 12.7 Å². The summed E-state index contributed by atoms with van der Waals surface area (Å²) in [6, 6.07) is 0.672. The van der Waals surface area contributed by atoms with Crippen molar-refractivity contribution in [1.29, 1.82) is 0 Å². The fourth-order valence-corrected chi connectivity index (χ4v) is 3.51. The lowest BCUT2D eigenvalue weighted by Gasteiger charge is -2.20. The average molecular weight is 198 g/mol. The van der Waals surface area contributed by atoms with Crippen LogP contribution in [0.3, 0.4) is 0 Å². The lowest BCUT2D eigenvalue weighted by Crippen LogP contribution is -2.42. The van der Waals surface area contributed by atoms with Crippen LogP contribution in [0.1, 0.15) is 13.3 Å². The maximum Gasteiger partial charge on any atom is 0.270 e. The first-order chi connectivity index (χ1) is 4.54. The first-order valence-electron chi connectivity index (χ1n) is 3.29. The Labute approximate surface area is 72.6 Å². The molecule has 1 nitrogen and oxygen atoms in total. The van der Waals surface area contributed by atoms with Gasteiger partial charge in [0.25, 0.3) is 6.69 Å². The van der Waals surface area contributed by atoms with Crippen LogP contribution in [0.25, 0.3) is 0 Å². The van der Waals surface area contributed by atoms with Crippen molar-refractivity contribution in [3.8, 4) is 0 Å². The molecule has 0 aliphatic rings. The number of halogens is 2. The number of allylic oxidation sites excluding steroid dienone is 1. The SMILES string of the molecule is C=CC[Si](Cl)(Cl)C(N)CC. The summed E-state index contributed by atoms with van der Waals surface area (Å²) < 4.78 is 0. The van der Waals surface area contributed by atoms with Gasteiger partial charge in [-0.05, 0) is 12.5 Å². The minimum atomic E-state index is -2.20. The predicted octanol–water partition coefficient (Wildman–Crippen LogP) is 2.37. The number of rotatable bonds is 4. The molecule has 0 aromatic rings. The van der Waals surface area contributed by atoms with Gasteiger partial charge in [0.2, 0.25) is 0 Å². The number of nitrogens with two attached hydrogens (primary N) is 1. The summed E-state index contributed by atoms with van der Waals surface area (Å²) in [5.41, 5.74) is 5.65. The van der Waals surface area contributed by atoms with E-state index in [0.29, 0.717) is 6.04 Å². The zero-order valence-electron chi connectivity index (χ0n) is 6.11. The Balaban J connectivity index is 3.94. The van der Waals surface area contributed by atoms with E-state index in [2.05, 4.69) is 6.58 Å². The maximum absolute atomic E-state index is 6.00. The molecule has 0 radical (unpaired) electrons. The van der Waals surface area contributed by atoms with Crippen LogP contribution in [0.5, 0.6) is 0 Å². The van der Waals surface area contributed by atoms with Gasteiger partial charge in [-0.1, -0.05) is 13.0 Å². The van der Waals surface area contributed by atoms with Gasteiger partial charge >= 0.3 is 0 Å². The third kappa shape index (κ3) is 3.06. The van der Waals surface area contributed by atoms with Crippen molar-refractivity contribution < 1.29 is 0 Å². The summed E-state index contributed by atoms with van der Waals surface area (Å²) in [5.74, 6) is 0. The molecule has 0 bridgehead atoms. The van der Waals surface area contributed by atoms with Crippen LogP contribution < -0.4 is 5.73 Å².